The minimum atomic E-state index is -4.10. The minimum absolute atomic E-state index is 0.194. The summed E-state index contributed by atoms with van der Waals surface area (Å²) in [5.41, 5.74) is 1.24. The summed E-state index contributed by atoms with van der Waals surface area (Å²) >= 11 is 0. The first-order valence-electron chi connectivity index (χ1n) is 7.32. The van der Waals surface area contributed by atoms with Crippen LogP contribution in [-0.2, 0) is 19.6 Å². The number of sulfonamides is 1. The van der Waals surface area contributed by atoms with Gasteiger partial charge in [-0.25, -0.2) is 12.8 Å². The maximum Gasteiger partial charge on any atom is 0.307 e. The Labute approximate surface area is 139 Å². The Kier molecular flexibility index (Phi) is 4.04. The molecule has 1 aliphatic heterocycles. The van der Waals surface area contributed by atoms with Gasteiger partial charge in [0.15, 0.2) is 0 Å². The number of fused-ring (bicyclic) bond motifs is 1. The number of para-hydroxylation sites is 1. The van der Waals surface area contributed by atoms with Crippen molar-refractivity contribution in [2.24, 2.45) is 0 Å². The van der Waals surface area contributed by atoms with E-state index in [0.29, 0.717) is 11.3 Å². The Morgan fingerprint density at radius 2 is 1.92 bits per heavy atom. The lowest BCUT2D eigenvalue weighted by Crippen LogP contribution is -2.29. The largest absolute Gasteiger partial charge is 0.469 e. The number of nitrogens with zero attached hydrogens (tertiary/aromatic N) is 1. The molecule has 0 N–H and O–H groups in total. The van der Waals surface area contributed by atoms with Crippen LogP contribution < -0.4 is 4.31 Å². The molecule has 1 aliphatic rings. The second-order valence-corrected chi connectivity index (χ2v) is 7.35. The van der Waals surface area contributed by atoms with E-state index in [1.807, 2.05) is 0 Å². The van der Waals surface area contributed by atoms with Crippen molar-refractivity contribution in [1.82, 2.24) is 0 Å². The molecule has 1 atom stereocenters. The summed E-state index contributed by atoms with van der Waals surface area (Å²) in [5.74, 6) is -1.37. The second kappa shape index (κ2) is 5.90. The Morgan fingerprint density at radius 1 is 1.25 bits per heavy atom. The zero-order valence-electron chi connectivity index (χ0n) is 13.2. The smallest absolute Gasteiger partial charge is 0.307 e. The maximum absolute atomic E-state index is 14.4. The molecule has 0 radical (unpaired) electrons. The van der Waals surface area contributed by atoms with Crippen LogP contribution in [-0.4, -0.2) is 21.5 Å². The van der Waals surface area contributed by atoms with Gasteiger partial charge in [0.05, 0.1) is 25.3 Å². The number of aryl methyl sites for hydroxylation is 1. The van der Waals surface area contributed by atoms with Crippen molar-refractivity contribution in [2.45, 2.75) is 24.3 Å². The number of anilines is 1. The molecule has 0 fully saturated rings. The average Bonchev–Trinajstić information content (AvgIpc) is 2.75. The molecule has 0 saturated heterocycles. The number of hydrogen-bond donors (Lipinski definition) is 0. The van der Waals surface area contributed by atoms with Gasteiger partial charge in [-0.3, -0.25) is 9.10 Å². The lowest BCUT2D eigenvalue weighted by atomic mass is 10.0. The van der Waals surface area contributed by atoms with Crippen LogP contribution in [0.2, 0.25) is 0 Å². The summed E-state index contributed by atoms with van der Waals surface area (Å²) in [7, 11) is -2.87. The van der Waals surface area contributed by atoms with Crippen LogP contribution in [0, 0.1) is 12.7 Å². The van der Waals surface area contributed by atoms with Gasteiger partial charge < -0.3 is 4.74 Å². The highest BCUT2D eigenvalue weighted by atomic mass is 32.2. The first-order chi connectivity index (χ1) is 11.4. The third kappa shape index (κ3) is 2.54. The van der Waals surface area contributed by atoms with Crippen LogP contribution in [0.4, 0.5) is 10.1 Å². The molecule has 0 bridgehead atoms. The second-order valence-electron chi connectivity index (χ2n) is 5.60. The van der Waals surface area contributed by atoms with Gasteiger partial charge in [-0.15, -0.1) is 0 Å². The fourth-order valence-corrected chi connectivity index (χ4v) is 4.91. The Bertz CT molecular complexity index is 896. The fraction of sp³-hybridized carbons (Fsp3) is 0.235. The molecular formula is C17H16FNO4S. The number of ether oxygens (including phenoxy) is 1. The van der Waals surface area contributed by atoms with Gasteiger partial charge in [0.2, 0.25) is 0 Å². The average molecular weight is 349 g/mol. The van der Waals surface area contributed by atoms with Crippen molar-refractivity contribution in [1.29, 1.82) is 0 Å². The summed E-state index contributed by atoms with van der Waals surface area (Å²) in [5, 5.41) is 0. The van der Waals surface area contributed by atoms with E-state index in [4.69, 9.17) is 0 Å². The molecule has 7 heteroatoms. The highest BCUT2D eigenvalue weighted by molar-refractivity contribution is 7.93. The van der Waals surface area contributed by atoms with Crippen molar-refractivity contribution in [3.05, 3.63) is 59.4 Å². The van der Waals surface area contributed by atoms with Crippen molar-refractivity contribution in [3.63, 3.8) is 0 Å². The van der Waals surface area contributed by atoms with Gasteiger partial charge in [0.25, 0.3) is 10.0 Å². The predicted molar refractivity (Wildman–Crippen MR) is 86.6 cm³/mol. The van der Waals surface area contributed by atoms with E-state index in [1.54, 1.807) is 43.3 Å². The zero-order chi connectivity index (χ0) is 17.5. The van der Waals surface area contributed by atoms with Crippen molar-refractivity contribution in [2.75, 3.05) is 11.4 Å². The van der Waals surface area contributed by atoms with Gasteiger partial charge in [-0.05, 0) is 30.7 Å². The van der Waals surface area contributed by atoms with Gasteiger partial charge >= 0.3 is 5.97 Å². The van der Waals surface area contributed by atoms with Crippen LogP contribution in [0.25, 0.3) is 0 Å². The van der Waals surface area contributed by atoms with Gasteiger partial charge in [0, 0.05) is 5.56 Å². The van der Waals surface area contributed by atoms with Crippen LogP contribution in [0.5, 0.6) is 0 Å². The van der Waals surface area contributed by atoms with E-state index in [1.165, 1.54) is 13.2 Å². The van der Waals surface area contributed by atoms with E-state index in [9.17, 15) is 17.6 Å². The molecule has 2 aromatic carbocycles. The summed E-state index contributed by atoms with van der Waals surface area (Å²) in [6.07, 6.45) is -0.194. The summed E-state index contributed by atoms with van der Waals surface area (Å²) < 4.78 is 46.0. The van der Waals surface area contributed by atoms with Crippen molar-refractivity contribution < 1.29 is 22.3 Å². The third-order valence-corrected chi connectivity index (χ3v) is 5.90. The molecular weight excluding hydrogens is 333 g/mol. The number of carbonyl (C=O) groups is 1. The maximum atomic E-state index is 14.4. The highest BCUT2D eigenvalue weighted by Gasteiger charge is 2.45. The standard InChI is InChI=1S/C17H16FNO4S/c1-11-8-13-15(10-16(20)23-2)19(12-6-4-3-5-7-12)24(21,22)17(13)14(18)9-11/h3-9,15H,10H2,1-2H3. The molecule has 126 valence electrons. The van der Waals surface area contributed by atoms with Crippen molar-refractivity contribution >= 4 is 21.7 Å². The molecule has 24 heavy (non-hydrogen) atoms. The summed E-state index contributed by atoms with van der Waals surface area (Å²) in [6, 6.07) is 10.3. The number of hydrogen-bond acceptors (Lipinski definition) is 4. The number of esters is 1. The number of benzene rings is 2. The summed E-state index contributed by atoms with van der Waals surface area (Å²) in [6.45, 7) is 1.68. The fourth-order valence-electron chi connectivity index (χ4n) is 3.00. The monoisotopic (exact) mass is 349 g/mol. The van der Waals surface area contributed by atoms with E-state index in [2.05, 4.69) is 4.74 Å². The Hall–Kier alpha value is -2.41. The van der Waals surface area contributed by atoms with Crippen LogP contribution >= 0.6 is 0 Å². The lowest BCUT2D eigenvalue weighted by Gasteiger charge is -2.25. The molecule has 3 rings (SSSR count). The van der Waals surface area contributed by atoms with Gasteiger partial charge in [-0.1, -0.05) is 24.3 Å². The van der Waals surface area contributed by atoms with E-state index in [-0.39, 0.29) is 16.9 Å². The van der Waals surface area contributed by atoms with Gasteiger partial charge in [-0.2, -0.15) is 0 Å². The molecule has 1 unspecified atom stereocenters. The Morgan fingerprint density at radius 3 is 2.54 bits per heavy atom. The van der Waals surface area contributed by atoms with Crippen LogP contribution in [0.3, 0.4) is 0 Å². The molecule has 2 aromatic rings. The highest BCUT2D eigenvalue weighted by Crippen LogP contribution is 2.45. The zero-order valence-corrected chi connectivity index (χ0v) is 14.0. The van der Waals surface area contributed by atoms with Crippen molar-refractivity contribution in [3.8, 4) is 0 Å². The van der Waals surface area contributed by atoms with Gasteiger partial charge in [0.1, 0.15) is 10.7 Å². The van der Waals surface area contributed by atoms with Crippen LogP contribution in [0.1, 0.15) is 23.6 Å². The molecule has 5 nitrogen and oxygen atoms in total. The molecule has 1 heterocycles. The molecule has 0 amide bonds. The SMILES string of the molecule is COC(=O)CC1c2cc(C)cc(F)c2S(=O)(=O)N1c1ccccc1. The first kappa shape index (κ1) is 16.4. The quantitative estimate of drug-likeness (QED) is 0.799. The Balaban J connectivity index is 2.24. The first-order valence-corrected chi connectivity index (χ1v) is 8.76. The predicted octanol–water partition coefficient (Wildman–Crippen LogP) is 2.95. The molecule has 0 spiro atoms. The number of halogens is 1. The minimum Gasteiger partial charge on any atom is -0.469 e. The van der Waals surface area contributed by atoms with E-state index in [0.717, 1.165) is 4.31 Å². The van der Waals surface area contributed by atoms with Crippen LogP contribution in [0.15, 0.2) is 47.4 Å². The number of rotatable bonds is 3. The third-order valence-electron chi connectivity index (χ3n) is 3.97. The topological polar surface area (TPSA) is 63.7 Å². The number of carbonyl (C=O) groups excluding carboxylic acids is 1. The van der Waals surface area contributed by atoms with E-state index >= 15 is 0 Å². The molecule has 0 aliphatic carbocycles. The van der Waals surface area contributed by atoms with E-state index < -0.39 is 27.9 Å². The number of methoxy groups -OCH3 is 1. The molecule has 0 aromatic heterocycles. The summed E-state index contributed by atoms with van der Waals surface area (Å²) in [4.78, 5) is 11.4. The normalized spacial score (nSPS) is 18.3. The lowest BCUT2D eigenvalue weighted by molar-refractivity contribution is -0.141. The molecule has 0 saturated carbocycles.